The Morgan fingerprint density at radius 2 is 1.91 bits per heavy atom. The maximum atomic E-state index is 12.2. The summed E-state index contributed by atoms with van der Waals surface area (Å²) in [4.78, 5) is 12.2. The summed E-state index contributed by atoms with van der Waals surface area (Å²) in [6.45, 7) is 0.194. The molecule has 2 aromatic rings. The van der Waals surface area contributed by atoms with E-state index in [1.165, 1.54) is 5.56 Å². The van der Waals surface area contributed by atoms with Crippen molar-refractivity contribution < 1.29 is 14.3 Å². The number of nitrogens with one attached hydrogen (secondary N) is 1. The van der Waals surface area contributed by atoms with E-state index in [4.69, 9.17) is 9.47 Å². The number of benzene rings is 2. The summed E-state index contributed by atoms with van der Waals surface area (Å²) in [5.41, 5.74) is 6.44. The maximum Gasteiger partial charge on any atom is 0.271 e. The van der Waals surface area contributed by atoms with Crippen LogP contribution in [0.3, 0.4) is 0 Å². The molecule has 5 heteroatoms. The van der Waals surface area contributed by atoms with E-state index in [-0.39, 0.29) is 12.7 Å². The zero-order valence-electron chi connectivity index (χ0n) is 11.8. The molecule has 1 heterocycles. The van der Waals surface area contributed by atoms with E-state index in [1.807, 2.05) is 18.2 Å². The van der Waals surface area contributed by atoms with Crippen LogP contribution in [-0.2, 0) is 6.42 Å². The Morgan fingerprint density at radius 3 is 2.86 bits per heavy atom. The Balaban J connectivity index is 1.52. The standard InChI is InChI=1S/C17H14N2O3/c20-17(12-6-8-15-16(9-12)22-10-21-15)19-18-14-7-5-11-3-1-2-4-13(11)14/h1-4,6,8-9H,5,7,10H2,(H,19,20)/b18-14-. The van der Waals surface area contributed by atoms with Gasteiger partial charge < -0.3 is 9.47 Å². The second-order valence-corrected chi connectivity index (χ2v) is 5.22. The highest BCUT2D eigenvalue weighted by molar-refractivity contribution is 6.05. The lowest BCUT2D eigenvalue weighted by Crippen LogP contribution is -2.19. The van der Waals surface area contributed by atoms with Crippen molar-refractivity contribution in [1.29, 1.82) is 0 Å². The third-order valence-electron chi connectivity index (χ3n) is 3.89. The summed E-state index contributed by atoms with van der Waals surface area (Å²) in [5, 5.41) is 4.28. The number of nitrogens with zero attached hydrogens (tertiary/aromatic N) is 1. The highest BCUT2D eigenvalue weighted by Gasteiger charge is 2.18. The smallest absolute Gasteiger partial charge is 0.271 e. The minimum atomic E-state index is -0.254. The largest absolute Gasteiger partial charge is 0.454 e. The number of hydrogen-bond donors (Lipinski definition) is 1. The van der Waals surface area contributed by atoms with Gasteiger partial charge >= 0.3 is 0 Å². The third kappa shape index (κ3) is 2.20. The lowest BCUT2D eigenvalue weighted by molar-refractivity contribution is 0.0954. The van der Waals surface area contributed by atoms with Gasteiger partial charge in [-0.05, 0) is 36.6 Å². The summed E-state index contributed by atoms with van der Waals surface area (Å²) in [5.74, 6) is 0.995. The molecule has 0 fully saturated rings. The van der Waals surface area contributed by atoms with Gasteiger partial charge in [0.25, 0.3) is 5.91 Å². The predicted molar refractivity (Wildman–Crippen MR) is 81.3 cm³/mol. The monoisotopic (exact) mass is 294 g/mol. The molecule has 0 unspecified atom stereocenters. The fourth-order valence-electron chi connectivity index (χ4n) is 2.74. The zero-order chi connectivity index (χ0) is 14.9. The second-order valence-electron chi connectivity index (χ2n) is 5.22. The van der Waals surface area contributed by atoms with Crippen LogP contribution in [0.4, 0.5) is 0 Å². The van der Waals surface area contributed by atoms with Crippen LogP contribution in [0.1, 0.15) is 27.9 Å². The number of ether oxygens (including phenoxy) is 2. The molecule has 22 heavy (non-hydrogen) atoms. The van der Waals surface area contributed by atoms with Crippen LogP contribution >= 0.6 is 0 Å². The number of amides is 1. The molecule has 2 aromatic carbocycles. The molecular formula is C17H14N2O3. The first-order chi connectivity index (χ1) is 10.8. The Labute approximate surface area is 127 Å². The molecule has 110 valence electrons. The van der Waals surface area contributed by atoms with Crippen LogP contribution in [0.2, 0.25) is 0 Å². The first kappa shape index (κ1) is 12.9. The van der Waals surface area contributed by atoms with Crippen molar-refractivity contribution in [2.24, 2.45) is 5.10 Å². The quantitative estimate of drug-likeness (QED) is 0.866. The van der Waals surface area contributed by atoms with E-state index in [0.29, 0.717) is 17.1 Å². The second kappa shape index (κ2) is 5.18. The molecule has 0 radical (unpaired) electrons. The van der Waals surface area contributed by atoms with Crippen molar-refractivity contribution in [3.63, 3.8) is 0 Å². The highest BCUT2D eigenvalue weighted by atomic mass is 16.7. The van der Waals surface area contributed by atoms with Crippen molar-refractivity contribution in [2.75, 3.05) is 6.79 Å². The van der Waals surface area contributed by atoms with Crippen LogP contribution in [0.15, 0.2) is 47.6 Å². The summed E-state index contributed by atoms with van der Waals surface area (Å²) in [7, 11) is 0. The number of fused-ring (bicyclic) bond motifs is 2. The Hall–Kier alpha value is -2.82. The average Bonchev–Trinajstić information content (AvgIpc) is 3.18. The van der Waals surface area contributed by atoms with Gasteiger partial charge in [0.05, 0.1) is 5.71 Å². The van der Waals surface area contributed by atoms with Gasteiger partial charge in [-0.15, -0.1) is 0 Å². The first-order valence-corrected chi connectivity index (χ1v) is 7.16. The highest BCUT2D eigenvalue weighted by Crippen LogP contribution is 2.32. The predicted octanol–water partition coefficient (Wildman–Crippen LogP) is 2.50. The number of carbonyl (C=O) groups excluding carboxylic acids is 1. The Kier molecular flexibility index (Phi) is 3.04. The molecule has 0 saturated carbocycles. The van der Waals surface area contributed by atoms with Crippen LogP contribution in [0.25, 0.3) is 0 Å². The fraction of sp³-hybridized carbons (Fsp3) is 0.176. The molecule has 0 aromatic heterocycles. The minimum absolute atomic E-state index is 0.194. The topological polar surface area (TPSA) is 59.9 Å². The molecule has 0 atom stereocenters. The first-order valence-electron chi connectivity index (χ1n) is 7.16. The van der Waals surface area contributed by atoms with Gasteiger partial charge in [-0.2, -0.15) is 5.10 Å². The normalized spacial score (nSPS) is 16.6. The molecule has 1 N–H and O–H groups in total. The van der Waals surface area contributed by atoms with Gasteiger partial charge in [0.2, 0.25) is 6.79 Å². The molecule has 5 nitrogen and oxygen atoms in total. The van der Waals surface area contributed by atoms with E-state index >= 15 is 0 Å². The van der Waals surface area contributed by atoms with E-state index < -0.39 is 0 Å². The lowest BCUT2D eigenvalue weighted by Gasteiger charge is -2.03. The summed E-state index contributed by atoms with van der Waals surface area (Å²) in [6, 6.07) is 13.2. The van der Waals surface area contributed by atoms with Gasteiger partial charge in [0.1, 0.15) is 0 Å². The zero-order valence-corrected chi connectivity index (χ0v) is 11.8. The SMILES string of the molecule is O=C(N/N=C1/CCc2ccccc21)c1ccc2c(c1)OCO2. The molecule has 2 aliphatic rings. The van der Waals surface area contributed by atoms with E-state index in [9.17, 15) is 4.79 Å². The van der Waals surface area contributed by atoms with Gasteiger partial charge in [0.15, 0.2) is 11.5 Å². The van der Waals surface area contributed by atoms with Crippen LogP contribution in [0.5, 0.6) is 11.5 Å². The molecule has 0 saturated heterocycles. The van der Waals surface area contributed by atoms with E-state index in [2.05, 4.69) is 16.6 Å². The van der Waals surface area contributed by atoms with Crippen molar-refractivity contribution >= 4 is 11.6 Å². The number of hydrogen-bond acceptors (Lipinski definition) is 4. The van der Waals surface area contributed by atoms with Crippen LogP contribution in [-0.4, -0.2) is 18.4 Å². The maximum absolute atomic E-state index is 12.2. The number of carbonyl (C=O) groups is 1. The third-order valence-corrected chi connectivity index (χ3v) is 3.89. The van der Waals surface area contributed by atoms with Gasteiger partial charge in [-0.3, -0.25) is 4.79 Å². The molecule has 1 aliphatic carbocycles. The molecule has 4 rings (SSSR count). The van der Waals surface area contributed by atoms with Crippen molar-refractivity contribution in [3.05, 3.63) is 59.2 Å². The van der Waals surface area contributed by atoms with Crippen molar-refractivity contribution in [2.45, 2.75) is 12.8 Å². The number of hydrazone groups is 1. The lowest BCUT2D eigenvalue weighted by atomic mass is 10.1. The van der Waals surface area contributed by atoms with Crippen LogP contribution < -0.4 is 14.9 Å². The van der Waals surface area contributed by atoms with Crippen molar-refractivity contribution in [1.82, 2.24) is 5.43 Å². The van der Waals surface area contributed by atoms with Gasteiger partial charge in [-0.25, -0.2) is 5.43 Å². The summed E-state index contributed by atoms with van der Waals surface area (Å²) >= 11 is 0. The van der Waals surface area contributed by atoms with Gasteiger partial charge in [-0.1, -0.05) is 24.3 Å². The fourth-order valence-corrected chi connectivity index (χ4v) is 2.74. The van der Waals surface area contributed by atoms with E-state index in [0.717, 1.165) is 24.1 Å². The number of rotatable bonds is 2. The molecule has 0 spiro atoms. The minimum Gasteiger partial charge on any atom is -0.454 e. The average molecular weight is 294 g/mol. The van der Waals surface area contributed by atoms with Gasteiger partial charge in [0, 0.05) is 11.1 Å². The van der Waals surface area contributed by atoms with E-state index in [1.54, 1.807) is 18.2 Å². The number of aryl methyl sites for hydroxylation is 1. The molecule has 1 amide bonds. The van der Waals surface area contributed by atoms with Crippen LogP contribution in [0, 0.1) is 0 Å². The Bertz CT molecular complexity index is 783. The molecular weight excluding hydrogens is 280 g/mol. The Morgan fingerprint density at radius 1 is 1.05 bits per heavy atom. The summed E-state index contributed by atoms with van der Waals surface area (Å²) < 4.78 is 10.5. The summed E-state index contributed by atoms with van der Waals surface area (Å²) in [6.07, 6.45) is 1.82. The van der Waals surface area contributed by atoms with Crippen molar-refractivity contribution in [3.8, 4) is 11.5 Å². The molecule has 0 bridgehead atoms. The molecule has 1 aliphatic heterocycles.